The van der Waals surface area contributed by atoms with Crippen molar-refractivity contribution in [3.8, 4) is 0 Å². The van der Waals surface area contributed by atoms with E-state index in [4.69, 9.17) is 13.9 Å². The number of non-ortho nitro benzene ring substituents is 1. The Morgan fingerprint density at radius 2 is 1.83 bits per heavy atom. The highest BCUT2D eigenvalue weighted by Crippen LogP contribution is 2.39. The van der Waals surface area contributed by atoms with E-state index in [-0.39, 0.29) is 30.0 Å². The Morgan fingerprint density at radius 3 is 2.33 bits per heavy atom. The first-order chi connectivity index (χ1) is 13.9. The number of nitrogens with zero attached hydrogens (tertiary/aromatic N) is 2. The van der Waals surface area contributed by atoms with Crippen molar-refractivity contribution in [3.63, 3.8) is 0 Å². The van der Waals surface area contributed by atoms with Crippen LogP contribution in [0.2, 0.25) is 18.1 Å². The number of carbonyl (C=O) groups is 2. The minimum absolute atomic E-state index is 0.00237. The highest BCUT2D eigenvalue weighted by atomic mass is 28.4. The zero-order chi connectivity index (χ0) is 22.7. The van der Waals surface area contributed by atoms with Crippen molar-refractivity contribution in [1.82, 2.24) is 4.90 Å². The van der Waals surface area contributed by atoms with Gasteiger partial charge in [-0.15, -0.1) is 0 Å². The van der Waals surface area contributed by atoms with Crippen LogP contribution in [0.15, 0.2) is 24.3 Å². The summed E-state index contributed by atoms with van der Waals surface area (Å²) >= 11 is 0. The third-order valence-electron chi connectivity index (χ3n) is 5.75. The molecule has 1 saturated heterocycles. The molecule has 1 amide bonds. The molecule has 0 radical (unpaired) electrons. The molecule has 1 aromatic rings. The highest BCUT2D eigenvalue weighted by molar-refractivity contribution is 6.74. The lowest BCUT2D eigenvalue weighted by Gasteiger charge is -2.38. The first-order valence-electron chi connectivity index (χ1n) is 9.78. The number of hydrogen-bond donors (Lipinski definition) is 0. The number of amides is 1. The monoisotopic (exact) mass is 438 g/mol. The quantitative estimate of drug-likeness (QED) is 0.287. The summed E-state index contributed by atoms with van der Waals surface area (Å²) in [5, 5.41) is 10.7. The predicted molar refractivity (Wildman–Crippen MR) is 112 cm³/mol. The van der Waals surface area contributed by atoms with Crippen molar-refractivity contribution in [1.29, 1.82) is 0 Å². The lowest BCUT2D eigenvalue weighted by molar-refractivity contribution is -0.384. The maximum atomic E-state index is 12.7. The van der Waals surface area contributed by atoms with Crippen molar-refractivity contribution >= 4 is 26.1 Å². The fourth-order valence-corrected chi connectivity index (χ4v) is 4.34. The van der Waals surface area contributed by atoms with Gasteiger partial charge in [0, 0.05) is 25.1 Å². The largest absolute Gasteiger partial charge is 0.467 e. The van der Waals surface area contributed by atoms with Gasteiger partial charge in [-0.1, -0.05) is 20.8 Å². The summed E-state index contributed by atoms with van der Waals surface area (Å²) in [5.74, 6) is -0.511. The van der Waals surface area contributed by atoms with Crippen LogP contribution >= 0.6 is 0 Å². The second kappa shape index (κ2) is 9.13. The fourth-order valence-electron chi connectivity index (χ4n) is 2.98. The lowest BCUT2D eigenvalue weighted by atomic mass is 10.2. The number of rotatable bonds is 6. The summed E-state index contributed by atoms with van der Waals surface area (Å²) in [6, 6.07) is 4.97. The van der Waals surface area contributed by atoms with Gasteiger partial charge >= 0.3 is 12.1 Å². The maximum Gasteiger partial charge on any atom is 0.410 e. The van der Waals surface area contributed by atoms with E-state index in [1.165, 1.54) is 36.3 Å². The van der Waals surface area contributed by atoms with Gasteiger partial charge in [-0.05, 0) is 35.8 Å². The lowest BCUT2D eigenvalue weighted by Crippen LogP contribution is -2.45. The number of methoxy groups -OCH3 is 1. The van der Waals surface area contributed by atoms with Crippen LogP contribution in [0.25, 0.3) is 0 Å². The molecule has 0 saturated carbocycles. The Bertz CT molecular complexity index is 789. The second-order valence-corrected chi connectivity index (χ2v) is 13.7. The molecule has 0 bridgehead atoms. The SMILES string of the molecule is COC(=O)C1CC(O[Si](C)(C)C(C)(C)C)CN1C(=O)OCc1ccc([N+](=O)[O-])cc1. The van der Waals surface area contributed by atoms with Gasteiger partial charge < -0.3 is 13.9 Å². The first-order valence-corrected chi connectivity index (χ1v) is 12.7. The van der Waals surface area contributed by atoms with Crippen LogP contribution in [0.3, 0.4) is 0 Å². The summed E-state index contributed by atoms with van der Waals surface area (Å²) in [6.45, 7) is 10.8. The van der Waals surface area contributed by atoms with Gasteiger partial charge in [-0.2, -0.15) is 0 Å². The van der Waals surface area contributed by atoms with Crippen LogP contribution < -0.4 is 0 Å². The standard InChI is InChI=1S/C20H30N2O7Si/c1-20(2,3)30(5,6)29-16-11-17(18(23)27-4)21(12-16)19(24)28-13-14-7-9-15(10-8-14)22(25)26/h7-10,16-17H,11-13H2,1-6H3. The summed E-state index contributed by atoms with van der Waals surface area (Å²) in [4.78, 5) is 36.5. The number of likely N-dealkylation sites (tertiary alicyclic amines) is 1. The third-order valence-corrected chi connectivity index (χ3v) is 10.3. The molecule has 1 aliphatic heterocycles. The van der Waals surface area contributed by atoms with Crippen LogP contribution in [0, 0.1) is 10.1 Å². The van der Waals surface area contributed by atoms with E-state index in [1.807, 2.05) is 0 Å². The van der Waals surface area contributed by atoms with Crippen LogP contribution in [-0.2, 0) is 25.3 Å². The summed E-state index contributed by atoms with van der Waals surface area (Å²) in [5.41, 5.74) is 0.567. The zero-order valence-electron chi connectivity index (χ0n) is 18.3. The van der Waals surface area contributed by atoms with Gasteiger partial charge in [-0.3, -0.25) is 15.0 Å². The van der Waals surface area contributed by atoms with Crippen molar-refractivity contribution in [2.45, 2.75) is 64.1 Å². The molecular weight excluding hydrogens is 408 g/mol. The molecule has 2 unspecified atom stereocenters. The molecule has 0 aromatic heterocycles. The number of esters is 1. The summed E-state index contributed by atoms with van der Waals surface area (Å²) < 4.78 is 16.6. The molecular formula is C20H30N2O7Si. The van der Waals surface area contributed by atoms with Crippen molar-refractivity contribution < 1.29 is 28.4 Å². The van der Waals surface area contributed by atoms with E-state index < -0.39 is 31.3 Å². The number of hydrogen-bond acceptors (Lipinski definition) is 7. The maximum absolute atomic E-state index is 12.7. The number of nitro benzene ring substituents is 1. The van der Waals surface area contributed by atoms with Gasteiger partial charge in [0.05, 0.1) is 18.1 Å². The van der Waals surface area contributed by atoms with Gasteiger partial charge in [0.25, 0.3) is 5.69 Å². The molecule has 1 heterocycles. The Kier molecular flexibility index (Phi) is 7.25. The Labute approximate surface area is 177 Å². The van der Waals surface area contributed by atoms with Crippen LogP contribution in [0.1, 0.15) is 32.8 Å². The molecule has 9 nitrogen and oxygen atoms in total. The van der Waals surface area contributed by atoms with E-state index in [0.29, 0.717) is 12.0 Å². The normalized spacial score (nSPS) is 19.5. The van der Waals surface area contributed by atoms with E-state index in [9.17, 15) is 19.7 Å². The Hall–Kier alpha value is -2.46. The molecule has 0 N–H and O–H groups in total. The molecule has 1 aromatic carbocycles. The first kappa shape index (κ1) is 23.8. The zero-order valence-corrected chi connectivity index (χ0v) is 19.3. The predicted octanol–water partition coefficient (Wildman–Crippen LogP) is 3.87. The number of carbonyl (C=O) groups excluding carboxylic acids is 2. The molecule has 1 fully saturated rings. The Morgan fingerprint density at radius 1 is 1.23 bits per heavy atom. The smallest absolute Gasteiger partial charge is 0.410 e. The third kappa shape index (κ3) is 5.57. The number of ether oxygens (including phenoxy) is 2. The van der Waals surface area contributed by atoms with Crippen LogP contribution in [0.5, 0.6) is 0 Å². The van der Waals surface area contributed by atoms with Crippen LogP contribution in [0.4, 0.5) is 10.5 Å². The van der Waals surface area contributed by atoms with Gasteiger partial charge in [0.1, 0.15) is 12.6 Å². The molecule has 2 rings (SSSR count). The van der Waals surface area contributed by atoms with E-state index in [1.54, 1.807) is 0 Å². The van der Waals surface area contributed by atoms with Gasteiger partial charge in [0.15, 0.2) is 8.32 Å². The number of nitro groups is 1. The van der Waals surface area contributed by atoms with E-state index in [0.717, 1.165) is 0 Å². The van der Waals surface area contributed by atoms with Gasteiger partial charge in [0.2, 0.25) is 0 Å². The Balaban J connectivity index is 2.05. The highest BCUT2D eigenvalue weighted by Gasteiger charge is 2.46. The summed E-state index contributed by atoms with van der Waals surface area (Å²) in [7, 11) is -0.798. The average Bonchev–Trinajstić information content (AvgIpc) is 3.08. The molecule has 0 spiro atoms. The van der Waals surface area contributed by atoms with E-state index in [2.05, 4.69) is 33.9 Å². The van der Waals surface area contributed by atoms with Crippen LogP contribution in [-0.4, -0.2) is 56.0 Å². The molecule has 10 heteroatoms. The van der Waals surface area contributed by atoms with Gasteiger partial charge in [-0.25, -0.2) is 9.59 Å². The molecule has 166 valence electrons. The van der Waals surface area contributed by atoms with Crippen molar-refractivity contribution in [3.05, 3.63) is 39.9 Å². The molecule has 2 atom stereocenters. The molecule has 0 aliphatic carbocycles. The fraction of sp³-hybridized carbons (Fsp3) is 0.600. The van der Waals surface area contributed by atoms with Crippen molar-refractivity contribution in [2.75, 3.05) is 13.7 Å². The minimum atomic E-state index is -2.08. The summed E-state index contributed by atoms with van der Waals surface area (Å²) in [6.07, 6.45) is -0.571. The van der Waals surface area contributed by atoms with Crippen molar-refractivity contribution in [2.24, 2.45) is 0 Å². The molecule has 1 aliphatic rings. The molecule has 30 heavy (non-hydrogen) atoms. The second-order valence-electron chi connectivity index (χ2n) is 8.91. The topological polar surface area (TPSA) is 108 Å². The minimum Gasteiger partial charge on any atom is -0.467 e. The number of benzene rings is 1. The average molecular weight is 439 g/mol. The van der Waals surface area contributed by atoms with E-state index >= 15 is 0 Å².